The molecule has 7 heteroatoms. The van der Waals surface area contributed by atoms with E-state index >= 15 is 0 Å². The molecule has 2 N–H and O–H groups in total. The van der Waals surface area contributed by atoms with E-state index in [1.807, 2.05) is 10.8 Å². The van der Waals surface area contributed by atoms with Crippen LogP contribution in [0.3, 0.4) is 0 Å². The number of hydrogen-bond acceptors (Lipinski definition) is 4. The number of anilines is 1. The number of nitrogens with one attached hydrogen (secondary N) is 1. The van der Waals surface area contributed by atoms with Crippen molar-refractivity contribution in [3.8, 4) is 0 Å². The highest BCUT2D eigenvalue weighted by molar-refractivity contribution is 6.33. The number of aromatic nitrogens is 3. The normalized spacial score (nSPS) is 10.3. The zero-order chi connectivity index (χ0) is 13.0. The lowest BCUT2D eigenvalue weighted by atomic mass is 10.2. The molecule has 2 rings (SSSR count). The first-order valence-electron chi connectivity index (χ1n) is 5.25. The molecule has 6 nitrogen and oxygen atoms in total. The van der Waals surface area contributed by atoms with Gasteiger partial charge in [-0.25, -0.2) is 14.8 Å². The standard InChI is InChI=1S/C11H11ClN4O2/c12-9-6-15-10(5-8(9)11(17)18)14-2-4-16-3-1-13-7-16/h1,3,5-7H,2,4H2,(H,14,15)(H,17,18). The van der Waals surface area contributed by atoms with Gasteiger partial charge in [0.05, 0.1) is 16.9 Å². The Kier molecular flexibility index (Phi) is 3.78. The van der Waals surface area contributed by atoms with Crippen LogP contribution < -0.4 is 5.32 Å². The van der Waals surface area contributed by atoms with E-state index in [-0.39, 0.29) is 10.6 Å². The van der Waals surface area contributed by atoms with Crippen molar-refractivity contribution in [1.82, 2.24) is 14.5 Å². The lowest BCUT2D eigenvalue weighted by Gasteiger charge is -2.07. The van der Waals surface area contributed by atoms with Crippen molar-refractivity contribution in [3.63, 3.8) is 0 Å². The minimum atomic E-state index is -1.07. The third-order valence-corrected chi connectivity index (χ3v) is 2.62. The molecule has 0 saturated carbocycles. The van der Waals surface area contributed by atoms with Crippen molar-refractivity contribution in [3.05, 3.63) is 41.6 Å². The Morgan fingerprint density at radius 1 is 1.56 bits per heavy atom. The van der Waals surface area contributed by atoms with Gasteiger partial charge in [0.15, 0.2) is 0 Å². The van der Waals surface area contributed by atoms with E-state index < -0.39 is 5.97 Å². The highest BCUT2D eigenvalue weighted by Gasteiger charge is 2.09. The van der Waals surface area contributed by atoms with Gasteiger partial charge >= 0.3 is 5.97 Å². The predicted octanol–water partition coefficient (Wildman–Crippen LogP) is 1.74. The minimum Gasteiger partial charge on any atom is -0.478 e. The molecule has 0 aromatic carbocycles. The van der Waals surface area contributed by atoms with Gasteiger partial charge in [0, 0.05) is 31.7 Å². The molecule has 0 radical (unpaired) electrons. The lowest BCUT2D eigenvalue weighted by molar-refractivity contribution is 0.0697. The third-order valence-electron chi connectivity index (χ3n) is 2.32. The molecule has 0 unspecified atom stereocenters. The van der Waals surface area contributed by atoms with Gasteiger partial charge in [0.2, 0.25) is 0 Å². The quantitative estimate of drug-likeness (QED) is 0.862. The van der Waals surface area contributed by atoms with E-state index in [1.54, 1.807) is 12.5 Å². The Hall–Kier alpha value is -2.08. The van der Waals surface area contributed by atoms with Gasteiger partial charge in [0.25, 0.3) is 0 Å². The molecule has 94 valence electrons. The number of aromatic carboxylic acids is 1. The molecule has 0 amide bonds. The summed E-state index contributed by atoms with van der Waals surface area (Å²) in [7, 11) is 0. The van der Waals surface area contributed by atoms with Crippen LogP contribution in [0.5, 0.6) is 0 Å². The fourth-order valence-corrected chi connectivity index (χ4v) is 1.62. The molecule has 0 atom stereocenters. The molecule has 0 aliphatic carbocycles. The molecule has 18 heavy (non-hydrogen) atoms. The van der Waals surface area contributed by atoms with E-state index in [9.17, 15) is 4.79 Å². The average molecular weight is 267 g/mol. The van der Waals surface area contributed by atoms with Crippen molar-refractivity contribution in [2.45, 2.75) is 6.54 Å². The summed E-state index contributed by atoms with van der Waals surface area (Å²) in [5, 5.41) is 12.1. The fraction of sp³-hybridized carbons (Fsp3) is 0.182. The van der Waals surface area contributed by atoms with E-state index in [1.165, 1.54) is 12.3 Å². The summed E-state index contributed by atoms with van der Waals surface area (Å²) in [5.74, 6) is -0.586. The number of carbonyl (C=O) groups is 1. The monoisotopic (exact) mass is 266 g/mol. The van der Waals surface area contributed by atoms with Crippen LogP contribution in [0, 0.1) is 0 Å². The number of halogens is 1. The maximum Gasteiger partial charge on any atom is 0.337 e. The van der Waals surface area contributed by atoms with Gasteiger partial charge in [-0.15, -0.1) is 0 Å². The van der Waals surface area contributed by atoms with Crippen LogP contribution in [0.15, 0.2) is 31.0 Å². The van der Waals surface area contributed by atoms with E-state index in [0.29, 0.717) is 18.9 Å². The highest BCUT2D eigenvalue weighted by Crippen LogP contribution is 2.17. The maximum absolute atomic E-state index is 10.9. The summed E-state index contributed by atoms with van der Waals surface area (Å²) < 4.78 is 1.90. The Morgan fingerprint density at radius 3 is 3.06 bits per heavy atom. The third kappa shape index (κ3) is 2.98. The number of carboxylic acid groups (broad SMARTS) is 1. The molecule has 0 aliphatic rings. The topological polar surface area (TPSA) is 80.0 Å². The summed E-state index contributed by atoms with van der Waals surface area (Å²) in [5.41, 5.74) is 0.0387. The van der Waals surface area contributed by atoms with Gasteiger partial charge in [-0.1, -0.05) is 11.6 Å². The number of pyridine rings is 1. The average Bonchev–Trinajstić information content (AvgIpc) is 2.84. The van der Waals surface area contributed by atoms with E-state index in [4.69, 9.17) is 16.7 Å². The first kappa shape index (κ1) is 12.4. The molecule has 0 bridgehead atoms. The molecule has 0 saturated heterocycles. The Balaban J connectivity index is 1.97. The zero-order valence-corrected chi connectivity index (χ0v) is 10.1. The first-order chi connectivity index (χ1) is 8.66. The fourth-order valence-electron chi connectivity index (χ4n) is 1.43. The molecule has 2 heterocycles. The SMILES string of the molecule is O=C(O)c1cc(NCCn2ccnc2)ncc1Cl. The lowest BCUT2D eigenvalue weighted by Crippen LogP contribution is -2.11. The van der Waals surface area contributed by atoms with Gasteiger partial charge < -0.3 is 15.0 Å². The smallest absolute Gasteiger partial charge is 0.337 e. The molecule has 0 spiro atoms. The van der Waals surface area contributed by atoms with Gasteiger partial charge in [-0.3, -0.25) is 0 Å². The number of nitrogens with zero attached hydrogens (tertiary/aromatic N) is 3. The van der Waals surface area contributed by atoms with Crippen molar-refractivity contribution in [2.75, 3.05) is 11.9 Å². The predicted molar refractivity (Wildman–Crippen MR) is 66.9 cm³/mol. The Bertz CT molecular complexity index is 542. The number of hydrogen-bond donors (Lipinski definition) is 2. The Labute approximate surface area is 108 Å². The Morgan fingerprint density at radius 2 is 2.39 bits per heavy atom. The number of imidazole rings is 1. The number of carboxylic acids is 1. The molecule has 0 aliphatic heterocycles. The first-order valence-corrected chi connectivity index (χ1v) is 5.63. The van der Waals surface area contributed by atoms with Gasteiger partial charge in [0.1, 0.15) is 5.82 Å². The van der Waals surface area contributed by atoms with Gasteiger partial charge in [-0.05, 0) is 6.07 Å². The minimum absolute atomic E-state index is 0.0387. The van der Waals surface area contributed by atoms with Crippen LogP contribution in [0.4, 0.5) is 5.82 Å². The van der Waals surface area contributed by atoms with Crippen LogP contribution in [0.2, 0.25) is 5.02 Å². The zero-order valence-electron chi connectivity index (χ0n) is 9.38. The van der Waals surface area contributed by atoms with E-state index in [2.05, 4.69) is 15.3 Å². The maximum atomic E-state index is 10.9. The summed E-state index contributed by atoms with van der Waals surface area (Å²) in [6.45, 7) is 1.33. The summed E-state index contributed by atoms with van der Waals surface area (Å²) in [6, 6.07) is 1.42. The highest BCUT2D eigenvalue weighted by atomic mass is 35.5. The molecular formula is C11H11ClN4O2. The van der Waals surface area contributed by atoms with Gasteiger partial charge in [-0.2, -0.15) is 0 Å². The van der Waals surface area contributed by atoms with Crippen LogP contribution in [0.1, 0.15) is 10.4 Å². The van der Waals surface area contributed by atoms with Crippen molar-refractivity contribution in [1.29, 1.82) is 0 Å². The second kappa shape index (κ2) is 5.50. The molecule has 2 aromatic heterocycles. The van der Waals surface area contributed by atoms with E-state index in [0.717, 1.165) is 0 Å². The summed E-state index contributed by atoms with van der Waals surface area (Å²) >= 11 is 5.72. The second-order valence-corrected chi connectivity index (χ2v) is 3.99. The largest absolute Gasteiger partial charge is 0.478 e. The van der Waals surface area contributed by atoms with Crippen LogP contribution in [-0.4, -0.2) is 32.2 Å². The van der Waals surface area contributed by atoms with Crippen molar-refractivity contribution >= 4 is 23.4 Å². The molecule has 2 aromatic rings. The van der Waals surface area contributed by atoms with Crippen LogP contribution >= 0.6 is 11.6 Å². The number of rotatable bonds is 5. The summed E-state index contributed by atoms with van der Waals surface area (Å²) in [6.07, 6.45) is 6.58. The van der Waals surface area contributed by atoms with Crippen LogP contribution in [-0.2, 0) is 6.54 Å². The summed E-state index contributed by atoms with van der Waals surface area (Å²) in [4.78, 5) is 18.8. The van der Waals surface area contributed by atoms with Crippen molar-refractivity contribution in [2.24, 2.45) is 0 Å². The van der Waals surface area contributed by atoms with Crippen molar-refractivity contribution < 1.29 is 9.90 Å². The molecular weight excluding hydrogens is 256 g/mol. The second-order valence-electron chi connectivity index (χ2n) is 3.58. The molecule has 0 fully saturated rings. The van der Waals surface area contributed by atoms with Crippen LogP contribution in [0.25, 0.3) is 0 Å².